The van der Waals surface area contributed by atoms with Gasteiger partial charge in [0.05, 0.1) is 41.5 Å². The number of carbonyl (C=O) groups is 1. The monoisotopic (exact) mass is 670 g/mol. The number of nitrogens with two attached hydrogens (primary N) is 1. The van der Waals surface area contributed by atoms with Crippen LogP contribution in [0.4, 0.5) is 20.4 Å². The molecule has 0 unspecified atom stereocenters. The highest BCUT2D eigenvalue weighted by Crippen LogP contribution is 2.52. The van der Waals surface area contributed by atoms with Crippen LogP contribution >= 0.6 is 11.8 Å². The maximum Gasteiger partial charge on any atom is 0.294 e. The number of aromatic nitrogens is 4. The van der Waals surface area contributed by atoms with E-state index in [0.29, 0.717) is 42.0 Å². The van der Waals surface area contributed by atoms with Gasteiger partial charge in [0, 0.05) is 36.8 Å². The third-order valence-corrected chi connectivity index (χ3v) is 9.49. The van der Waals surface area contributed by atoms with Crippen molar-refractivity contribution in [2.75, 3.05) is 37.0 Å². The Kier molecular flexibility index (Phi) is 9.45. The van der Waals surface area contributed by atoms with Crippen LogP contribution in [0, 0.1) is 24.5 Å². The molecule has 6 rings (SSSR count). The Morgan fingerprint density at radius 3 is 2.43 bits per heavy atom. The van der Waals surface area contributed by atoms with E-state index in [0.717, 1.165) is 18.0 Å². The molecule has 0 saturated carbocycles. The summed E-state index contributed by atoms with van der Waals surface area (Å²) in [7, 11) is -2.57. The second-order valence-corrected chi connectivity index (χ2v) is 13.1. The Morgan fingerprint density at radius 2 is 1.80 bits per heavy atom. The number of amides is 1. The highest BCUT2D eigenvalue weighted by Gasteiger charge is 2.53. The minimum absolute atomic E-state index is 0.0666. The molecule has 0 bridgehead atoms. The summed E-state index contributed by atoms with van der Waals surface area (Å²) in [6.45, 7) is 3.02. The van der Waals surface area contributed by atoms with Gasteiger partial charge in [-0.05, 0) is 37.3 Å². The van der Waals surface area contributed by atoms with Gasteiger partial charge in [0.2, 0.25) is 11.8 Å². The largest absolute Gasteiger partial charge is 0.480 e. The summed E-state index contributed by atoms with van der Waals surface area (Å²) in [4.78, 5) is 35.0. The SMILES string of the molecule is COc1cnc(C(=O)Nc2ccc(F)c([C@]34CN(c5ncc(F)cn5)C[C@@H]3CN=C(N)S4)c2)cn1.Cc1ccc(S(=O)(=O)O)cc1. The van der Waals surface area contributed by atoms with Crippen LogP contribution in [0.25, 0.3) is 0 Å². The van der Waals surface area contributed by atoms with Crippen molar-refractivity contribution in [2.45, 2.75) is 16.6 Å². The molecular weight excluding hydrogens is 643 g/mol. The van der Waals surface area contributed by atoms with E-state index >= 15 is 4.39 Å². The Morgan fingerprint density at radius 1 is 1.09 bits per heavy atom. The van der Waals surface area contributed by atoms with E-state index in [1.807, 2.05) is 11.8 Å². The number of aryl methyl sites for hydroxylation is 1. The standard InChI is InChI=1S/C22H20F2N8O2S.C7H8O3S/c1-34-18-9-26-17(8-27-18)19(33)31-14-2-3-16(24)15(4-14)22-11-32(21-29-6-13(23)7-30-21)10-12(22)5-28-20(25)35-22;1-6-2-4-7(5-3-6)11(8,9)10/h2-4,6-9,12H,5,10-11H2,1H3,(H2,25,28)(H,31,33);2-5H,1H3,(H,8,9,10)/t12-,22-;/m0./s1. The smallest absolute Gasteiger partial charge is 0.294 e. The van der Waals surface area contributed by atoms with Crippen molar-refractivity contribution in [3.8, 4) is 5.88 Å². The van der Waals surface area contributed by atoms with Crippen molar-refractivity contribution >= 4 is 44.6 Å². The number of aliphatic imine (C=N–C) groups is 1. The summed E-state index contributed by atoms with van der Waals surface area (Å²) in [5.41, 5.74) is 7.87. The number of halogens is 2. The Balaban J connectivity index is 0.000000322. The number of fused-ring (bicyclic) bond motifs is 1. The molecule has 2 aromatic heterocycles. The quantitative estimate of drug-likeness (QED) is 0.254. The van der Waals surface area contributed by atoms with Crippen molar-refractivity contribution in [2.24, 2.45) is 16.6 Å². The third kappa shape index (κ3) is 7.21. The van der Waals surface area contributed by atoms with Gasteiger partial charge in [-0.3, -0.25) is 14.3 Å². The Labute approximate surface area is 267 Å². The molecule has 2 atom stereocenters. The zero-order valence-corrected chi connectivity index (χ0v) is 26.1. The van der Waals surface area contributed by atoms with E-state index in [9.17, 15) is 17.6 Å². The molecule has 1 fully saturated rings. The molecule has 4 aromatic rings. The number of nitrogens with one attached hydrogen (secondary N) is 1. The number of rotatable bonds is 6. The number of hydrogen-bond acceptors (Lipinski definition) is 12. The lowest BCUT2D eigenvalue weighted by atomic mass is 9.87. The van der Waals surface area contributed by atoms with Crippen LogP contribution in [0.15, 0.2) is 77.1 Å². The first-order valence-electron chi connectivity index (χ1n) is 13.6. The van der Waals surface area contributed by atoms with E-state index in [2.05, 4.69) is 30.2 Å². The van der Waals surface area contributed by atoms with E-state index in [1.54, 1.807) is 18.2 Å². The summed E-state index contributed by atoms with van der Waals surface area (Å²) in [5.74, 6) is -1.000. The van der Waals surface area contributed by atoms with Gasteiger partial charge in [0.25, 0.3) is 16.0 Å². The number of carbonyl (C=O) groups excluding carboxylic acids is 1. The number of thioether (sulfide) groups is 1. The number of anilines is 2. The van der Waals surface area contributed by atoms with Gasteiger partial charge in [-0.15, -0.1) is 0 Å². The fourth-order valence-corrected chi connectivity index (χ4v) is 6.78. The highest BCUT2D eigenvalue weighted by molar-refractivity contribution is 8.14. The first-order valence-corrected chi connectivity index (χ1v) is 15.9. The molecule has 0 aliphatic carbocycles. The predicted molar refractivity (Wildman–Crippen MR) is 167 cm³/mol. The number of benzene rings is 2. The molecule has 46 heavy (non-hydrogen) atoms. The third-order valence-electron chi connectivity index (χ3n) is 7.24. The lowest BCUT2D eigenvalue weighted by Gasteiger charge is -2.36. The minimum Gasteiger partial charge on any atom is -0.480 e. The molecule has 2 aliphatic heterocycles. The van der Waals surface area contributed by atoms with E-state index < -0.39 is 32.4 Å². The van der Waals surface area contributed by atoms with Crippen molar-refractivity contribution in [1.29, 1.82) is 0 Å². The number of hydrogen-bond donors (Lipinski definition) is 3. The zero-order chi connectivity index (χ0) is 33.1. The average Bonchev–Trinajstić information content (AvgIpc) is 3.42. The molecule has 17 heteroatoms. The van der Waals surface area contributed by atoms with E-state index in [-0.39, 0.29) is 22.4 Å². The normalized spacial score (nSPS) is 18.9. The summed E-state index contributed by atoms with van der Waals surface area (Å²) in [6, 6.07) is 10.4. The van der Waals surface area contributed by atoms with Crippen LogP contribution < -0.4 is 20.7 Å². The number of amidine groups is 1. The van der Waals surface area contributed by atoms with Gasteiger partial charge in [-0.1, -0.05) is 29.5 Å². The maximum absolute atomic E-state index is 15.3. The molecule has 1 amide bonds. The van der Waals surface area contributed by atoms with Gasteiger partial charge in [0.15, 0.2) is 11.0 Å². The fourth-order valence-electron chi connectivity index (χ4n) is 4.98. The molecule has 1 saturated heterocycles. The number of ether oxygens (including phenoxy) is 1. The van der Waals surface area contributed by atoms with Gasteiger partial charge < -0.3 is 20.7 Å². The first-order chi connectivity index (χ1) is 21.9. The topological polar surface area (TPSA) is 186 Å². The van der Waals surface area contributed by atoms with Crippen molar-refractivity contribution < 1.29 is 31.3 Å². The second kappa shape index (κ2) is 13.3. The lowest BCUT2D eigenvalue weighted by Crippen LogP contribution is -2.40. The lowest BCUT2D eigenvalue weighted by molar-refractivity contribution is 0.102. The van der Waals surface area contributed by atoms with Crippen LogP contribution in [0.1, 0.15) is 21.6 Å². The van der Waals surface area contributed by atoms with Crippen molar-refractivity contribution in [3.63, 3.8) is 0 Å². The van der Waals surface area contributed by atoms with E-state index in [4.69, 9.17) is 15.0 Å². The number of nitrogens with zero attached hydrogens (tertiary/aromatic N) is 6. The molecule has 240 valence electrons. The minimum atomic E-state index is -4.02. The highest BCUT2D eigenvalue weighted by atomic mass is 32.2. The maximum atomic E-state index is 15.3. The molecule has 2 aromatic carbocycles. The number of methoxy groups -OCH3 is 1. The molecule has 13 nitrogen and oxygen atoms in total. The summed E-state index contributed by atoms with van der Waals surface area (Å²) in [6.07, 6.45) is 4.81. The van der Waals surface area contributed by atoms with Crippen molar-refractivity contribution in [3.05, 3.63) is 95.7 Å². The van der Waals surface area contributed by atoms with E-state index in [1.165, 1.54) is 55.5 Å². The fraction of sp³-hybridized carbons (Fsp3) is 0.241. The van der Waals surface area contributed by atoms with Crippen LogP contribution in [-0.2, 0) is 14.9 Å². The molecule has 4 N–H and O–H groups in total. The Hall–Kier alpha value is -4.74. The van der Waals surface area contributed by atoms with Crippen LogP contribution in [0.2, 0.25) is 0 Å². The van der Waals surface area contributed by atoms with Gasteiger partial charge in [0.1, 0.15) is 11.5 Å². The predicted octanol–water partition coefficient (Wildman–Crippen LogP) is 3.44. The summed E-state index contributed by atoms with van der Waals surface area (Å²) >= 11 is 1.27. The zero-order valence-electron chi connectivity index (χ0n) is 24.5. The van der Waals surface area contributed by atoms with Crippen LogP contribution in [0.3, 0.4) is 0 Å². The van der Waals surface area contributed by atoms with Crippen molar-refractivity contribution in [1.82, 2.24) is 19.9 Å². The average molecular weight is 671 g/mol. The van der Waals surface area contributed by atoms with Crippen LogP contribution in [0.5, 0.6) is 5.88 Å². The Bertz CT molecular complexity index is 1860. The van der Waals surface area contributed by atoms with Crippen LogP contribution in [-0.4, -0.2) is 70.7 Å². The molecule has 2 aliphatic rings. The molecule has 4 heterocycles. The van der Waals surface area contributed by atoms with Gasteiger partial charge >= 0.3 is 0 Å². The second-order valence-electron chi connectivity index (χ2n) is 10.3. The van der Waals surface area contributed by atoms with Gasteiger partial charge in [-0.2, -0.15) is 8.42 Å². The van der Waals surface area contributed by atoms with Gasteiger partial charge in [-0.25, -0.2) is 28.7 Å². The first kappa shape index (κ1) is 32.6. The molecular formula is C29H28F2N8O5S2. The summed E-state index contributed by atoms with van der Waals surface area (Å²) < 4.78 is 62.3. The summed E-state index contributed by atoms with van der Waals surface area (Å²) in [5, 5.41) is 3.08. The molecule has 0 spiro atoms. The molecule has 0 radical (unpaired) electrons.